The van der Waals surface area contributed by atoms with Crippen LogP contribution in [0.3, 0.4) is 0 Å². The summed E-state index contributed by atoms with van der Waals surface area (Å²) < 4.78 is 5.58. The molecule has 1 aromatic rings. The third-order valence-corrected chi connectivity index (χ3v) is 2.46. The molecule has 0 N–H and O–H groups in total. The van der Waals surface area contributed by atoms with Gasteiger partial charge >= 0.3 is 0 Å². The van der Waals surface area contributed by atoms with E-state index < -0.39 is 0 Å². The highest BCUT2D eigenvalue weighted by atomic mass is 35.5. The van der Waals surface area contributed by atoms with Crippen LogP contribution in [0.2, 0.25) is 5.02 Å². The first-order chi connectivity index (χ1) is 6.80. The van der Waals surface area contributed by atoms with Crippen molar-refractivity contribution in [2.45, 2.75) is 46.1 Å². The summed E-state index contributed by atoms with van der Waals surface area (Å²) in [5.41, 5.74) is 1.35. The second-order valence-electron chi connectivity index (χ2n) is 5.06. The van der Waals surface area contributed by atoms with Crippen LogP contribution in [0.15, 0.2) is 18.2 Å². The Morgan fingerprint density at radius 2 is 1.80 bits per heavy atom. The van der Waals surface area contributed by atoms with Crippen molar-refractivity contribution in [3.05, 3.63) is 28.8 Å². The van der Waals surface area contributed by atoms with E-state index in [1.807, 2.05) is 26.0 Å². The summed E-state index contributed by atoms with van der Waals surface area (Å²) in [7, 11) is 0. The molecule has 84 valence electrons. The number of benzene rings is 1. The monoisotopic (exact) mass is 226 g/mol. The molecule has 0 amide bonds. The number of rotatable bonds is 2. The molecule has 0 saturated heterocycles. The Morgan fingerprint density at radius 1 is 1.20 bits per heavy atom. The lowest BCUT2D eigenvalue weighted by Crippen LogP contribution is -2.11. The Balaban J connectivity index is 2.98. The molecular weight excluding hydrogens is 208 g/mol. The van der Waals surface area contributed by atoms with E-state index in [9.17, 15) is 0 Å². The molecule has 15 heavy (non-hydrogen) atoms. The standard InChI is InChI=1S/C13H19ClO/c1-9(2)15-12-7-6-10(8-11(12)14)13(3,4)5/h6-9H,1-5H3. The minimum absolute atomic E-state index is 0.125. The van der Waals surface area contributed by atoms with Crippen molar-refractivity contribution in [1.82, 2.24) is 0 Å². The van der Waals surface area contributed by atoms with Crippen molar-refractivity contribution in [1.29, 1.82) is 0 Å². The van der Waals surface area contributed by atoms with Crippen LogP contribution in [0.5, 0.6) is 5.75 Å². The van der Waals surface area contributed by atoms with Gasteiger partial charge in [-0.25, -0.2) is 0 Å². The van der Waals surface area contributed by atoms with Crippen LogP contribution in [0.4, 0.5) is 0 Å². The van der Waals surface area contributed by atoms with E-state index in [4.69, 9.17) is 16.3 Å². The molecule has 0 fully saturated rings. The molecule has 0 atom stereocenters. The van der Waals surface area contributed by atoms with Gasteiger partial charge in [0.05, 0.1) is 11.1 Å². The Hall–Kier alpha value is -0.690. The van der Waals surface area contributed by atoms with Gasteiger partial charge in [0.2, 0.25) is 0 Å². The highest BCUT2D eigenvalue weighted by Crippen LogP contribution is 2.31. The van der Waals surface area contributed by atoms with Gasteiger partial charge in [-0.3, -0.25) is 0 Å². The van der Waals surface area contributed by atoms with Crippen molar-refractivity contribution < 1.29 is 4.74 Å². The van der Waals surface area contributed by atoms with Crippen molar-refractivity contribution in [3.8, 4) is 5.75 Å². The molecule has 0 saturated carbocycles. The van der Waals surface area contributed by atoms with E-state index in [-0.39, 0.29) is 11.5 Å². The second kappa shape index (κ2) is 4.44. The molecule has 1 rings (SSSR count). The van der Waals surface area contributed by atoms with E-state index in [1.54, 1.807) is 0 Å². The quantitative estimate of drug-likeness (QED) is 0.725. The third-order valence-electron chi connectivity index (χ3n) is 2.16. The summed E-state index contributed by atoms with van der Waals surface area (Å²) in [6.45, 7) is 10.5. The van der Waals surface area contributed by atoms with E-state index >= 15 is 0 Å². The summed E-state index contributed by atoms with van der Waals surface area (Å²) in [6.07, 6.45) is 0.156. The topological polar surface area (TPSA) is 9.23 Å². The predicted octanol–water partition coefficient (Wildman–Crippen LogP) is 4.42. The minimum Gasteiger partial charge on any atom is -0.489 e. The lowest BCUT2D eigenvalue weighted by molar-refractivity contribution is 0.242. The van der Waals surface area contributed by atoms with Gasteiger partial charge in [0.15, 0.2) is 0 Å². The van der Waals surface area contributed by atoms with Crippen molar-refractivity contribution >= 4 is 11.6 Å². The van der Waals surface area contributed by atoms with E-state index in [0.29, 0.717) is 5.02 Å². The lowest BCUT2D eigenvalue weighted by Gasteiger charge is -2.20. The van der Waals surface area contributed by atoms with Crippen LogP contribution in [0, 0.1) is 0 Å². The summed E-state index contributed by atoms with van der Waals surface area (Å²) in [5.74, 6) is 0.764. The molecular formula is C13H19ClO. The zero-order chi connectivity index (χ0) is 11.6. The molecule has 0 aliphatic carbocycles. The van der Waals surface area contributed by atoms with Crippen molar-refractivity contribution in [3.63, 3.8) is 0 Å². The SMILES string of the molecule is CC(C)Oc1ccc(C(C)(C)C)cc1Cl. The van der Waals surface area contributed by atoms with Crippen LogP contribution in [-0.4, -0.2) is 6.10 Å². The average molecular weight is 227 g/mol. The van der Waals surface area contributed by atoms with Gasteiger partial charge in [0, 0.05) is 0 Å². The first kappa shape index (κ1) is 12.4. The van der Waals surface area contributed by atoms with Gasteiger partial charge < -0.3 is 4.74 Å². The summed E-state index contributed by atoms with van der Waals surface area (Å²) in [5, 5.41) is 0.691. The molecule has 1 nitrogen and oxygen atoms in total. The Morgan fingerprint density at radius 3 is 2.20 bits per heavy atom. The zero-order valence-corrected chi connectivity index (χ0v) is 10.9. The summed E-state index contributed by atoms with van der Waals surface area (Å²) in [6, 6.07) is 6.01. The fourth-order valence-electron chi connectivity index (χ4n) is 1.32. The molecule has 0 spiro atoms. The van der Waals surface area contributed by atoms with Crippen LogP contribution in [-0.2, 0) is 5.41 Å². The summed E-state index contributed by atoms with van der Waals surface area (Å²) >= 11 is 6.15. The molecule has 0 radical (unpaired) electrons. The van der Waals surface area contributed by atoms with Crippen LogP contribution >= 0.6 is 11.6 Å². The van der Waals surface area contributed by atoms with Gasteiger partial charge in [0.25, 0.3) is 0 Å². The largest absolute Gasteiger partial charge is 0.489 e. The van der Waals surface area contributed by atoms with Crippen LogP contribution in [0.1, 0.15) is 40.2 Å². The maximum Gasteiger partial charge on any atom is 0.138 e. The lowest BCUT2D eigenvalue weighted by atomic mass is 9.87. The van der Waals surface area contributed by atoms with E-state index in [0.717, 1.165) is 5.75 Å². The van der Waals surface area contributed by atoms with Gasteiger partial charge in [-0.05, 0) is 37.0 Å². The molecule has 0 heterocycles. The first-order valence-corrected chi connectivity index (χ1v) is 5.65. The van der Waals surface area contributed by atoms with E-state index in [1.165, 1.54) is 5.56 Å². The Bertz CT molecular complexity index is 337. The molecule has 0 aliphatic heterocycles. The fraction of sp³-hybridized carbons (Fsp3) is 0.538. The number of hydrogen-bond acceptors (Lipinski definition) is 1. The van der Waals surface area contributed by atoms with E-state index in [2.05, 4.69) is 26.8 Å². The number of hydrogen-bond donors (Lipinski definition) is 0. The third kappa shape index (κ3) is 3.42. The molecule has 1 aromatic carbocycles. The van der Waals surface area contributed by atoms with Gasteiger partial charge in [-0.2, -0.15) is 0 Å². The molecule has 2 heteroatoms. The van der Waals surface area contributed by atoms with Crippen LogP contribution < -0.4 is 4.74 Å². The highest BCUT2D eigenvalue weighted by Gasteiger charge is 2.15. The smallest absolute Gasteiger partial charge is 0.138 e. The number of ether oxygens (including phenoxy) is 1. The molecule has 0 bridgehead atoms. The normalized spacial score (nSPS) is 11.9. The average Bonchev–Trinajstić information content (AvgIpc) is 2.05. The minimum atomic E-state index is 0.125. The van der Waals surface area contributed by atoms with Gasteiger partial charge in [-0.1, -0.05) is 38.4 Å². The maximum atomic E-state index is 6.15. The maximum absolute atomic E-state index is 6.15. The van der Waals surface area contributed by atoms with Crippen LogP contribution in [0.25, 0.3) is 0 Å². The first-order valence-electron chi connectivity index (χ1n) is 5.27. The Labute approximate surface area is 97.4 Å². The van der Waals surface area contributed by atoms with Gasteiger partial charge in [-0.15, -0.1) is 0 Å². The predicted molar refractivity (Wildman–Crippen MR) is 65.9 cm³/mol. The summed E-state index contributed by atoms with van der Waals surface area (Å²) in [4.78, 5) is 0. The Kier molecular flexibility index (Phi) is 3.67. The van der Waals surface area contributed by atoms with Crippen molar-refractivity contribution in [2.75, 3.05) is 0 Å². The van der Waals surface area contributed by atoms with Crippen molar-refractivity contribution in [2.24, 2.45) is 0 Å². The molecule has 0 aliphatic rings. The fourth-order valence-corrected chi connectivity index (χ4v) is 1.54. The van der Waals surface area contributed by atoms with Gasteiger partial charge in [0.1, 0.15) is 5.75 Å². The highest BCUT2D eigenvalue weighted by molar-refractivity contribution is 6.32. The molecule has 0 aromatic heterocycles. The number of halogens is 1. The molecule has 0 unspecified atom stereocenters. The second-order valence-corrected chi connectivity index (χ2v) is 5.47. The zero-order valence-electron chi connectivity index (χ0n) is 10.1.